The molecule has 2 aromatic heterocycles. The molecular formula is C23H22N4O. The smallest absolute Gasteiger partial charge is 0.253 e. The molecule has 0 bridgehead atoms. The fraction of sp³-hybridized carbons (Fsp3) is 0.130. The molecule has 5 heteroatoms. The number of benzene rings is 2. The summed E-state index contributed by atoms with van der Waals surface area (Å²) in [6, 6.07) is 21.8. The van der Waals surface area contributed by atoms with Crippen LogP contribution >= 0.6 is 0 Å². The minimum absolute atomic E-state index is 0.00943. The molecule has 0 saturated heterocycles. The van der Waals surface area contributed by atoms with Gasteiger partial charge in [-0.05, 0) is 35.9 Å². The average Bonchev–Trinajstić information content (AvgIpc) is 3.41. The normalized spacial score (nSPS) is 10.8. The standard InChI is InChI=1S/C23H22N4O/c1-25(16-20-15-24-27(18-20)17-19-8-3-2-4-9-19)23(28)21-10-7-11-22(14-21)26-12-5-6-13-26/h2-15,18H,16-17H2,1H3. The van der Waals surface area contributed by atoms with E-state index < -0.39 is 0 Å². The predicted octanol–water partition coefficient (Wildman–Crippen LogP) is 3.99. The Bertz CT molecular complexity index is 1050. The van der Waals surface area contributed by atoms with E-state index in [-0.39, 0.29) is 5.91 Å². The summed E-state index contributed by atoms with van der Waals surface area (Å²) >= 11 is 0. The number of amides is 1. The third-order valence-corrected chi connectivity index (χ3v) is 4.64. The van der Waals surface area contributed by atoms with Crippen LogP contribution in [-0.2, 0) is 13.1 Å². The van der Waals surface area contributed by atoms with Gasteiger partial charge < -0.3 is 9.47 Å². The van der Waals surface area contributed by atoms with E-state index in [4.69, 9.17) is 0 Å². The van der Waals surface area contributed by atoms with Gasteiger partial charge in [-0.1, -0.05) is 36.4 Å². The molecule has 0 saturated carbocycles. The van der Waals surface area contributed by atoms with Gasteiger partial charge in [-0.3, -0.25) is 9.48 Å². The van der Waals surface area contributed by atoms with Crippen LogP contribution in [0.5, 0.6) is 0 Å². The number of carbonyl (C=O) groups excluding carboxylic acids is 1. The Morgan fingerprint density at radius 1 is 0.964 bits per heavy atom. The molecule has 0 aliphatic heterocycles. The fourth-order valence-electron chi connectivity index (χ4n) is 3.22. The first kappa shape index (κ1) is 17.8. The molecule has 2 heterocycles. The summed E-state index contributed by atoms with van der Waals surface area (Å²) in [6.07, 6.45) is 7.75. The molecule has 1 amide bonds. The van der Waals surface area contributed by atoms with Gasteiger partial charge in [-0.25, -0.2) is 0 Å². The predicted molar refractivity (Wildman–Crippen MR) is 109 cm³/mol. The fourth-order valence-corrected chi connectivity index (χ4v) is 3.22. The summed E-state index contributed by atoms with van der Waals surface area (Å²) in [5.41, 5.74) is 3.85. The molecule has 4 rings (SSSR count). The van der Waals surface area contributed by atoms with Crippen molar-refractivity contribution in [3.63, 3.8) is 0 Å². The van der Waals surface area contributed by atoms with Crippen LogP contribution in [0.1, 0.15) is 21.5 Å². The van der Waals surface area contributed by atoms with Crippen molar-refractivity contribution in [3.8, 4) is 5.69 Å². The summed E-state index contributed by atoms with van der Waals surface area (Å²) in [4.78, 5) is 14.6. The maximum atomic E-state index is 12.9. The van der Waals surface area contributed by atoms with Gasteiger partial charge in [0.2, 0.25) is 0 Å². The van der Waals surface area contributed by atoms with Crippen molar-refractivity contribution in [2.24, 2.45) is 0 Å². The van der Waals surface area contributed by atoms with Crippen molar-refractivity contribution in [3.05, 3.63) is 108 Å². The number of aromatic nitrogens is 3. The molecule has 0 atom stereocenters. The molecular weight excluding hydrogens is 348 g/mol. The highest BCUT2D eigenvalue weighted by Gasteiger charge is 2.14. The highest BCUT2D eigenvalue weighted by atomic mass is 16.2. The Labute approximate surface area is 164 Å². The van der Waals surface area contributed by atoms with E-state index >= 15 is 0 Å². The number of hydrogen-bond donors (Lipinski definition) is 0. The van der Waals surface area contributed by atoms with Crippen LogP contribution in [0, 0.1) is 0 Å². The second kappa shape index (κ2) is 7.96. The maximum absolute atomic E-state index is 12.9. The molecule has 0 unspecified atom stereocenters. The number of nitrogens with zero attached hydrogens (tertiary/aromatic N) is 4. The largest absolute Gasteiger partial charge is 0.337 e. The average molecular weight is 370 g/mol. The quantitative estimate of drug-likeness (QED) is 0.515. The van der Waals surface area contributed by atoms with Crippen molar-refractivity contribution < 1.29 is 4.79 Å². The van der Waals surface area contributed by atoms with Crippen molar-refractivity contribution in [2.75, 3.05) is 7.05 Å². The number of rotatable bonds is 6. The Balaban J connectivity index is 1.43. The second-order valence-electron chi connectivity index (χ2n) is 6.83. The van der Waals surface area contributed by atoms with E-state index in [0.29, 0.717) is 12.1 Å². The van der Waals surface area contributed by atoms with Gasteiger partial charge in [0.15, 0.2) is 0 Å². The van der Waals surface area contributed by atoms with Gasteiger partial charge >= 0.3 is 0 Å². The molecule has 0 fully saturated rings. The summed E-state index contributed by atoms with van der Waals surface area (Å²) in [5.74, 6) is -0.00943. The first-order valence-corrected chi connectivity index (χ1v) is 9.23. The van der Waals surface area contributed by atoms with E-state index in [0.717, 1.165) is 17.8 Å². The lowest BCUT2D eigenvalue weighted by molar-refractivity contribution is 0.0785. The van der Waals surface area contributed by atoms with Gasteiger partial charge in [0.05, 0.1) is 12.7 Å². The highest BCUT2D eigenvalue weighted by Crippen LogP contribution is 2.14. The first-order valence-electron chi connectivity index (χ1n) is 9.23. The first-order chi connectivity index (χ1) is 13.7. The van der Waals surface area contributed by atoms with Gasteiger partial charge in [0.1, 0.15) is 0 Å². The molecule has 5 nitrogen and oxygen atoms in total. The van der Waals surface area contributed by atoms with Crippen LogP contribution in [-0.4, -0.2) is 32.2 Å². The third kappa shape index (κ3) is 4.04. The lowest BCUT2D eigenvalue weighted by Gasteiger charge is -2.17. The molecule has 0 aliphatic rings. The highest BCUT2D eigenvalue weighted by molar-refractivity contribution is 5.94. The Hall–Kier alpha value is -3.60. The van der Waals surface area contributed by atoms with Gasteiger partial charge in [-0.2, -0.15) is 5.10 Å². The van der Waals surface area contributed by atoms with E-state index in [1.807, 2.05) is 95.7 Å². The van der Waals surface area contributed by atoms with Crippen LogP contribution < -0.4 is 0 Å². The number of hydrogen-bond acceptors (Lipinski definition) is 2. The number of carbonyl (C=O) groups is 1. The van der Waals surface area contributed by atoms with Crippen LogP contribution in [0.4, 0.5) is 0 Å². The molecule has 0 aliphatic carbocycles. The Kier molecular flexibility index (Phi) is 5.06. The van der Waals surface area contributed by atoms with Crippen LogP contribution in [0.2, 0.25) is 0 Å². The van der Waals surface area contributed by atoms with Crippen LogP contribution in [0.25, 0.3) is 5.69 Å². The zero-order chi connectivity index (χ0) is 19.3. The monoisotopic (exact) mass is 370 g/mol. The van der Waals surface area contributed by atoms with Crippen LogP contribution in [0.3, 0.4) is 0 Å². The zero-order valence-corrected chi connectivity index (χ0v) is 15.8. The second-order valence-corrected chi connectivity index (χ2v) is 6.83. The van der Waals surface area contributed by atoms with Crippen molar-refractivity contribution in [1.82, 2.24) is 19.2 Å². The van der Waals surface area contributed by atoms with E-state index in [1.165, 1.54) is 5.56 Å². The minimum atomic E-state index is -0.00943. The van der Waals surface area contributed by atoms with Crippen molar-refractivity contribution in [1.29, 1.82) is 0 Å². The Morgan fingerprint density at radius 3 is 2.54 bits per heavy atom. The minimum Gasteiger partial charge on any atom is -0.337 e. The molecule has 2 aromatic carbocycles. The van der Waals surface area contributed by atoms with E-state index in [9.17, 15) is 4.79 Å². The molecule has 28 heavy (non-hydrogen) atoms. The summed E-state index contributed by atoms with van der Waals surface area (Å²) in [6.45, 7) is 1.23. The summed E-state index contributed by atoms with van der Waals surface area (Å²) in [7, 11) is 1.82. The van der Waals surface area contributed by atoms with Crippen molar-refractivity contribution >= 4 is 5.91 Å². The molecule has 0 N–H and O–H groups in total. The SMILES string of the molecule is CN(Cc1cnn(Cc2ccccc2)c1)C(=O)c1cccc(-n2cccc2)c1. The van der Waals surface area contributed by atoms with E-state index in [2.05, 4.69) is 17.2 Å². The maximum Gasteiger partial charge on any atom is 0.253 e. The molecule has 4 aromatic rings. The molecule has 140 valence electrons. The summed E-state index contributed by atoms with van der Waals surface area (Å²) in [5, 5.41) is 4.42. The van der Waals surface area contributed by atoms with Crippen molar-refractivity contribution in [2.45, 2.75) is 13.1 Å². The lowest BCUT2D eigenvalue weighted by atomic mass is 10.1. The van der Waals surface area contributed by atoms with Crippen LogP contribution in [0.15, 0.2) is 91.5 Å². The third-order valence-electron chi connectivity index (χ3n) is 4.64. The van der Waals surface area contributed by atoms with Gasteiger partial charge in [0.25, 0.3) is 5.91 Å². The summed E-state index contributed by atoms with van der Waals surface area (Å²) < 4.78 is 3.89. The molecule has 0 spiro atoms. The topological polar surface area (TPSA) is 43.1 Å². The van der Waals surface area contributed by atoms with E-state index in [1.54, 1.807) is 4.90 Å². The lowest BCUT2D eigenvalue weighted by Crippen LogP contribution is -2.26. The zero-order valence-electron chi connectivity index (χ0n) is 15.8. The molecule has 0 radical (unpaired) electrons. The Morgan fingerprint density at radius 2 is 1.75 bits per heavy atom. The van der Waals surface area contributed by atoms with Gasteiger partial charge in [-0.15, -0.1) is 0 Å². The van der Waals surface area contributed by atoms with Gasteiger partial charge in [0, 0.05) is 49.0 Å².